The minimum atomic E-state index is 0.0325. The zero-order chi connectivity index (χ0) is 12.3. The molecular formula is C13H24N2OS. The van der Waals surface area contributed by atoms with Crippen LogP contribution in [0, 0.1) is 5.92 Å². The third-order valence-electron chi connectivity index (χ3n) is 3.71. The molecule has 0 aromatic rings. The number of carbonyl (C=O) groups is 1. The van der Waals surface area contributed by atoms with Crippen molar-refractivity contribution in [3.63, 3.8) is 0 Å². The Hall–Kier alpha value is -0.380. The van der Waals surface area contributed by atoms with Gasteiger partial charge in [0.05, 0.1) is 12.1 Å². The number of thioether (sulfide) groups is 1. The van der Waals surface area contributed by atoms with Crippen LogP contribution in [0.5, 0.6) is 0 Å². The van der Waals surface area contributed by atoms with Gasteiger partial charge in [0.2, 0.25) is 0 Å². The monoisotopic (exact) mass is 256 g/mol. The Morgan fingerprint density at radius 3 is 2.88 bits per heavy atom. The van der Waals surface area contributed by atoms with E-state index in [1.165, 1.54) is 32.1 Å². The Kier molecular flexibility index (Phi) is 4.60. The number of amides is 2. The number of rotatable bonds is 6. The van der Waals surface area contributed by atoms with Gasteiger partial charge in [-0.05, 0) is 12.3 Å². The van der Waals surface area contributed by atoms with E-state index in [9.17, 15) is 4.79 Å². The fourth-order valence-corrected chi connectivity index (χ4v) is 4.26. The second-order valence-corrected chi connectivity index (χ2v) is 6.93. The van der Waals surface area contributed by atoms with Gasteiger partial charge < -0.3 is 10.6 Å². The second-order valence-electron chi connectivity index (χ2n) is 5.65. The average Bonchev–Trinajstić information content (AvgIpc) is 2.77. The average molecular weight is 256 g/mol. The first kappa shape index (κ1) is 13.1. The highest BCUT2D eigenvalue weighted by molar-refractivity contribution is 8.00. The van der Waals surface area contributed by atoms with Gasteiger partial charge in [-0.1, -0.05) is 39.5 Å². The molecule has 2 fully saturated rings. The van der Waals surface area contributed by atoms with Crippen LogP contribution < -0.4 is 10.6 Å². The topological polar surface area (TPSA) is 41.1 Å². The second kappa shape index (κ2) is 5.98. The Balaban J connectivity index is 1.62. The van der Waals surface area contributed by atoms with E-state index >= 15 is 0 Å². The number of hydrogen-bond acceptors (Lipinski definition) is 2. The van der Waals surface area contributed by atoms with Gasteiger partial charge in [-0.25, -0.2) is 4.79 Å². The van der Waals surface area contributed by atoms with Crippen LogP contribution in [0.25, 0.3) is 0 Å². The van der Waals surface area contributed by atoms with Crippen LogP contribution in [-0.2, 0) is 0 Å². The largest absolute Gasteiger partial charge is 0.332 e. The number of fused-ring (bicyclic) bond motifs is 1. The van der Waals surface area contributed by atoms with Crippen LogP contribution in [0.3, 0.4) is 0 Å². The SMILES string of the molecule is CC(C)CCCCCC1SCC2NC(=O)NC21. The third-order valence-corrected chi connectivity index (χ3v) is 5.22. The fraction of sp³-hybridized carbons (Fsp3) is 0.923. The normalized spacial score (nSPS) is 31.5. The Labute approximate surface area is 108 Å². The highest BCUT2D eigenvalue weighted by Crippen LogP contribution is 2.33. The lowest BCUT2D eigenvalue weighted by molar-refractivity contribution is 0.247. The predicted octanol–water partition coefficient (Wildman–Crippen LogP) is 2.76. The lowest BCUT2D eigenvalue weighted by Crippen LogP contribution is -2.36. The molecular weight excluding hydrogens is 232 g/mol. The van der Waals surface area contributed by atoms with Gasteiger partial charge in [-0.3, -0.25) is 0 Å². The highest BCUT2D eigenvalue weighted by Gasteiger charge is 2.42. The van der Waals surface area contributed by atoms with Crippen LogP contribution in [0.15, 0.2) is 0 Å². The first-order valence-corrected chi connectivity index (χ1v) is 7.90. The van der Waals surface area contributed by atoms with Crippen molar-refractivity contribution in [3.8, 4) is 0 Å². The van der Waals surface area contributed by atoms with Crippen molar-refractivity contribution in [2.75, 3.05) is 5.75 Å². The molecule has 0 aromatic carbocycles. The van der Waals surface area contributed by atoms with Crippen LogP contribution >= 0.6 is 11.8 Å². The summed E-state index contributed by atoms with van der Waals surface area (Å²) in [6.45, 7) is 4.58. The van der Waals surface area contributed by atoms with Crippen LogP contribution in [0.1, 0.15) is 46.0 Å². The Morgan fingerprint density at radius 1 is 1.29 bits per heavy atom. The van der Waals surface area contributed by atoms with Crippen LogP contribution in [0.2, 0.25) is 0 Å². The van der Waals surface area contributed by atoms with E-state index in [-0.39, 0.29) is 6.03 Å². The molecule has 2 heterocycles. The zero-order valence-electron chi connectivity index (χ0n) is 10.9. The van der Waals surface area contributed by atoms with Crippen molar-refractivity contribution in [1.29, 1.82) is 0 Å². The molecule has 2 aliphatic rings. The van der Waals surface area contributed by atoms with Gasteiger partial charge in [-0.15, -0.1) is 0 Å². The molecule has 3 unspecified atom stereocenters. The molecule has 0 aromatic heterocycles. The molecule has 2 saturated heterocycles. The van der Waals surface area contributed by atoms with Crippen LogP contribution in [0.4, 0.5) is 4.79 Å². The molecule has 0 radical (unpaired) electrons. The number of nitrogens with one attached hydrogen (secondary N) is 2. The van der Waals surface area contributed by atoms with E-state index in [0.29, 0.717) is 17.3 Å². The molecule has 0 bridgehead atoms. The standard InChI is InChI=1S/C13H24N2OS/c1-9(2)6-4-3-5-7-11-12-10(8-17-11)14-13(16)15-12/h9-12H,3-8H2,1-2H3,(H2,14,15,16). The molecule has 17 heavy (non-hydrogen) atoms. The number of carbonyl (C=O) groups excluding carboxylic acids is 1. The predicted molar refractivity (Wildman–Crippen MR) is 73.4 cm³/mol. The number of unbranched alkanes of at least 4 members (excludes halogenated alkanes) is 2. The van der Waals surface area contributed by atoms with E-state index < -0.39 is 0 Å². The first-order valence-electron chi connectivity index (χ1n) is 6.85. The van der Waals surface area contributed by atoms with Gasteiger partial charge >= 0.3 is 6.03 Å². The van der Waals surface area contributed by atoms with Crippen molar-refractivity contribution in [1.82, 2.24) is 10.6 Å². The first-order chi connectivity index (χ1) is 8.16. The molecule has 98 valence electrons. The summed E-state index contributed by atoms with van der Waals surface area (Å²) < 4.78 is 0. The molecule has 0 aliphatic carbocycles. The van der Waals surface area contributed by atoms with E-state index in [1.54, 1.807) is 0 Å². The molecule has 3 atom stereocenters. The minimum absolute atomic E-state index is 0.0325. The molecule has 3 nitrogen and oxygen atoms in total. The molecule has 4 heteroatoms. The van der Waals surface area contributed by atoms with E-state index in [4.69, 9.17) is 0 Å². The van der Waals surface area contributed by atoms with Gasteiger partial charge in [0.25, 0.3) is 0 Å². The van der Waals surface area contributed by atoms with Crippen molar-refractivity contribution in [3.05, 3.63) is 0 Å². The summed E-state index contributed by atoms with van der Waals surface area (Å²) >= 11 is 2.02. The summed E-state index contributed by atoms with van der Waals surface area (Å²) in [6.07, 6.45) is 6.61. The molecule has 0 spiro atoms. The smallest absolute Gasteiger partial charge is 0.315 e. The van der Waals surface area contributed by atoms with E-state index in [1.807, 2.05) is 11.8 Å². The van der Waals surface area contributed by atoms with Gasteiger partial charge in [0.15, 0.2) is 0 Å². The maximum Gasteiger partial charge on any atom is 0.315 e. The summed E-state index contributed by atoms with van der Waals surface area (Å²) in [4.78, 5) is 11.2. The van der Waals surface area contributed by atoms with Crippen molar-refractivity contribution < 1.29 is 4.79 Å². The fourth-order valence-electron chi connectivity index (χ4n) is 2.72. The Morgan fingerprint density at radius 2 is 2.12 bits per heavy atom. The minimum Gasteiger partial charge on any atom is -0.332 e. The van der Waals surface area contributed by atoms with Crippen molar-refractivity contribution in [2.24, 2.45) is 5.92 Å². The lowest BCUT2D eigenvalue weighted by Gasteiger charge is -2.16. The number of urea groups is 1. The highest BCUT2D eigenvalue weighted by atomic mass is 32.2. The van der Waals surface area contributed by atoms with Gasteiger partial charge in [0.1, 0.15) is 0 Å². The summed E-state index contributed by atoms with van der Waals surface area (Å²) in [5, 5.41) is 6.68. The molecule has 0 saturated carbocycles. The maximum absolute atomic E-state index is 11.2. The molecule has 2 aliphatic heterocycles. The zero-order valence-corrected chi connectivity index (χ0v) is 11.7. The summed E-state index contributed by atoms with van der Waals surface area (Å²) in [5.41, 5.74) is 0. The van der Waals surface area contributed by atoms with Crippen molar-refractivity contribution in [2.45, 2.75) is 63.3 Å². The summed E-state index contributed by atoms with van der Waals surface area (Å²) in [7, 11) is 0. The summed E-state index contributed by atoms with van der Waals surface area (Å²) in [5.74, 6) is 1.92. The molecule has 2 rings (SSSR count). The van der Waals surface area contributed by atoms with Gasteiger partial charge in [-0.2, -0.15) is 11.8 Å². The number of hydrogen-bond donors (Lipinski definition) is 2. The molecule has 2 N–H and O–H groups in total. The Bertz CT molecular complexity index is 270. The third kappa shape index (κ3) is 3.54. The summed E-state index contributed by atoms with van der Waals surface area (Å²) in [6, 6.07) is 0.802. The maximum atomic E-state index is 11.2. The van der Waals surface area contributed by atoms with Crippen molar-refractivity contribution >= 4 is 17.8 Å². The lowest BCUT2D eigenvalue weighted by atomic mass is 10.0. The van der Waals surface area contributed by atoms with E-state index in [2.05, 4.69) is 24.5 Å². The molecule has 2 amide bonds. The van der Waals surface area contributed by atoms with E-state index in [0.717, 1.165) is 11.7 Å². The van der Waals surface area contributed by atoms with Gasteiger partial charge in [0, 0.05) is 11.0 Å². The van der Waals surface area contributed by atoms with Crippen LogP contribution in [-0.4, -0.2) is 29.1 Å². The quantitative estimate of drug-likeness (QED) is 0.567.